The molecule has 152 valence electrons. The van der Waals surface area contributed by atoms with Crippen LogP contribution in [0.4, 0.5) is 11.4 Å². The molecule has 1 aliphatic heterocycles. The normalized spacial score (nSPS) is 16.5. The molecule has 7 nitrogen and oxygen atoms in total. The number of nitrogens with zero attached hydrogens (tertiary/aromatic N) is 1. The van der Waals surface area contributed by atoms with Crippen LogP contribution < -0.4 is 10.1 Å². The highest BCUT2D eigenvalue weighted by Gasteiger charge is 2.16. The van der Waals surface area contributed by atoms with E-state index in [0.29, 0.717) is 23.6 Å². The van der Waals surface area contributed by atoms with Gasteiger partial charge in [-0.05, 0) is 49.1 Å². The highest BCUT2D eigenvalue weighted by molar-refractivity contribution is 6.32. The van der Waals surface area contributed by atoms with Gasteiger partial charge in [0.05, 0.1) is 16.7 Å². The molecule has 1 unspecified atom stereocenters. The number of carbonyl (C=O) groups is 1. The molecule has 2 aromatic rings. The Morgan fingerprint density at radius 1 is 1.31 bits per heavy atom. The SMILES string of the molecule is O=C(C=Cc1ccc(Cl)c([N+](=O)[O-])c1)Nc1ccccc1OCC1CCCCO1. The standard InChI is InChI=1S/C21H21ClN2O5/c22-17-10-8-15(13-19(17)24(26)27)9-11-21(25)23-18-6-1-2-7-20(18)29-14-16-5-3-4-12-28-16/h1-2,6-11,13,16H,3-5,12,14H2,(H,23,25). The molecule has 0 aliphatic carbocycles. The number of carbonyl (C=O) groups excluding carboxylic acids is 1. The van der Waals surface area contributed by atoms with E-state index in [-0.39, 0.29) is 22.7 Å². The van der Waals surface area contributed by atoms with Crippen molar-refractivity contribution in [3.8, 4) is 5.75 Å². The third-order valence-electron chi connectivity index (χ3n) is 4.44. The van der Waals surface area contributed by atoms with Gasteiger partial charge in [0.1, 0.15) is 17.4 Å². The summed E-state index contributed by atoms with van der Waals surface area (Å²) in [4.78, 5) is 22.7. The summed E-state index contributed by atoms with van der Waals surface area (Å²) in [6, 6.07) is 11.5. The Hall–Kier alpha value is -2.90. The summed E-state index contributed by atoms with van der Waals surface area (Å²) >= 11 is 5.80. The highest BCUT2D eigenvalue weighted by Crippen LogP contribution is 2.27. The molecule has 2 aromatic carbocycles. The van der Waals surface area contributed by atoms with E-state index in [4.69, 9.17) is 21.1 Å². The van der Waals surface area contributed by atoms with Crippen LogP contribution in [0.15, 0.2) is 48.5 Å². The van der Waals surface area contributed by atoms with Crippen molar-refractivity contribution in [2.75, 3.05) is 18.5 Å². The van der Waals surface area contributed by atoms with E-state index in [1.807, 2.05) is 6.07 Å². The molecule has 1 N–H and O–H groups in total. The summed E-state index contributed by atoms with van der Waals surface area (Å²) in [7, 11) is 0. The van der Waals surface area contributed by atoms with Gasteiger partial charge in [-0.1, -0.05) is 29.8 Å². The van der Waals surface area contributed by atoms with Gasteiger partial charge in [-0.25, -0.2) is 0 Å². The second-order valence-corrected chi connectivity index (χ2v) is 6.99. The quantitative estimate of drug-likeness (QED) is 0.396. The topological polar surface area (TPSA) is 90.7 Å². The van der Waals surface area contributed by atoms with E-state index in [1.165, 1.54) is 24.3 Å². The first-order chi connectivity index (χ1) is 14.0. The molecule has 1 amide bonds. The molecule has 29 heavy (non-hydrogen) atoms. The Morgan fingerprint density at radius 2 is 2.14 bits per heavy atom. The minimum absolute atomic E-state index is 0.0459. The predicted molar refractivity (Wildman–Crippen MR) is 111 cm³/mol. The van der Waals surface area contributed by atoms with Crippen LogP contribution in [-0.2, 0) is 9.53 Å². The fourth-order valence-electron chi connectivity index (χ4n) is 2.94. The Labute approximate surface area is 173 Å². The molecular formula is C21H21ClN2O5. The fourth-order valence-corrected chi connectivity index (χ4v) is 3.12. The summed E-state index contributed by atoms with van der Waals surface area (Å²) in [6.07, 6.45) is 6.01. The monoisotopic (exact) mass is 416 g/mol. The number of nitrogens with one attached hydrogen (secondary N) is 1. The van der Waals surface area contributed by atoms with E-state index >= 15 is 0 Å². The van der Waals surface area contributed by atoms with Crippen LogP contribution in [0, 0.1) is 10.1 Å². The molecule has 1 aliphatic rings. The van der Waals surface area contributed by atoms with Crippen LogP contribution >= 0.6 is 11.6 Å². The smallest absolute Gasteiger partial charge is 0.288 e. The number of halogens is 1. The van der Waals surface area contributed by atoms with Crippen molar-refractivity contribution in [3.05, 3.63) is 69.2 Å². The number of hydrogen-bond acceptors (Lipinski definition) is 5. The van der Waals surface area contributed by atoms with E-state index < -0.39 is 4.92 Å². The van der Waals surface area contributed by atoms with E-state index in [1.54, 1.807) is 24.3 Å². The Morgan fingerprint density at radius 3 is 2.90 bits per heavy atom. The molecule has 0 aromatic heterocycles. The maximum absolute atomic E-state index is 12.3. The summed E-state index contributed by atoms with van der Waals surface area (Å²) < 4.78 is 11.5. The van der Waals surface area contributed by atoms with Crippen LogP contribution in [0.5, 0.6) is 5.75 Å². The minimum Gasteiger partial charge on any atom is -0.489 e. The zero-order valence-corrected chi connectivity index (χ0v) is 16.4. The Balaban J connectivity index is 1.62. The molecule has 0 bridgehead atoms. The second-order valence-electron chi connectivity index (χ2n) is 6.59. The van der Waals surface area contributed by atoms with E-state index in [0.717, 1.165) is 25.9 Å². The van der Waals surface area contributed by atoms with Gasteiger partial charge >= 0.3 is 0 Å². The molecule has 1 atom stereocenters. The van der Waals surface area contributed by atoms with Gasteiger partial charge in [0.15, 0.2) is 0 Å². The lowest BCUT2D eigenvalue weighted by Gasteiger charge is -2.23. The number of benzene rings is 2. The third kappa shape index (κ3) is 6.04. The first-order valence-corrected chi connectivity index (χ1v) is 9.67. The molecule has 3 rings (SSSR count). The lowest BCUT2D eigenvalue weighted by Crippen LogP contribution is -2.26. The largest absolute Gasteiger partial charge is 0.489 e. The van der Waals surface area contributed by atoms with Gasteiger partial charge in [-0.2, -0.15) is 0 Å². The van der Waals surface area contributed by atoms with Gasteiger partial charge in [-0.15, -0.1) is 0 Å². The Kier molecular flexibility index (Phi) is 7.21. The van der Waals surface area contributed by atoms with Crippen LogP contribution in [0.1, 0.15) is 24.8 Å². The number of anilines is 1. The van der Waals surface area contributed by atoms with Crippen molar-refractivity contribution in [2.24, 2.45) is 0 Å². The summed E-state index contributed by atoms with van der Waals surface area (Å²) in [5.41, 5.74) is 0.827. The van der Waals surface area contributed by atoms with Gasteiger partial charge < -0.3 is 14.8 Å². The maximum atomic E-state index is 12.3. The van der Waals surface area contributed by atoms with Gasteiger partial charge in [0.25, 0.3) is 5.69 Å². The van der Waals surface area contributed by atoms with Crippen molar-refractivity contribution in [3.63, 3.8) is 0 Å². The number of hydrogen-bond donors (Lipinski definition) is 1. The van der Waals surface area contributed by atoms with Gasteiger partial charge in [-0.3, -0.25) is 14.9 Å². The lowest BCUT2D eigenvalue weighted by atomic mass is 10.1. The zero-order chi connectivity index (χ0) is 20.6. The lowest BCUT2D eigenvalue weighted by molar-refractivity contribution is -0.384. The molecule has 1 heterocycles. The van der Waals surface area contributed by atoms with E-state index in [9.17, 15) is 14.9 Å². The average molecular weight is 417 g/mol. The van der Waals surface area contributed by atoms with Crippen molar-refractivity contribution in [2.45, 2.75) is 25.4 Å². The fraction of sp³-hybridized carbons (Fsp3) is 0.286. The highest BCUT2D eigenvalue weighted by atomic mass is 35.5. The molecule has 0 radical (unpaired) electrons. The first-order valence-electron chi connectivity index (χ1n) is 9.29. The zero-order valence-electron chi connectivity index (χ0n) is 15.7. The van der Waals surface area contributed by atoms with Gasteiger partial charge in [0, 0.05) is 18.7 Å². The molecule has 1 fully saturated rings. The minimum atomic E-state index is -0.566. The maximum Gasteiger partial charge on any atom is 0.288 e. The van der Waals surface area contributed by atoms with Crippen molar-refractivity contribution < 1.29 is 19.2 Å². The number of rotatable bonds is 7. The first kappa shape index (κ1) is 20.8. The average Bonchev–Trinajstić information content (AvgIpc) is 2.73. The molecule has 0 saturated carbocycles. The van der Waals surface area contributed by atoms with Crippen molar-refractivity contribution in [1.82, 2.24) is 0 Å². The molecule has 0 spiro atoms. The number of amides is 1. The second kappa shape index (κ2) is 10.0. The van der Waals surface area contributed by atoms with E-state index in [2.05, 4.69) is 5.32 Å². The number of nitro groups is 1. The van der Waals surface area contributed by atoms with Crippen LogP contribution in [0.3, 0.4) is 0 Å². The summed E-state index contributed by atoms with van der Waals surface area (Å²) in [6.45, 7) is 1.18. The number of nitro benzene ring substituents is 1. The van der Waals surface area contributed by atoms with Crippen LogP contribution in [0.25, 0.3) is 6.08 Å². The van der Waals surface area contributed by atoms with Crippen molar-refractivity contribution in [1.29, 1.82) is 0 Å². The van der Waals surface area contributed by atoms with Crippen LogP contribution in [-0.4, -0.2) is 30.1 Å². The Bertz CT molecular complexity index is 910. The third-order valence-corrected chi connectivity index (χ3v) is 4.76. The van der Waals surface area contributed by atoms with Gasteiger partial charge in [0.2, 0.25) is 5.91 Å². The molecule has 8 heteroatoms. The summed E-state index contributed by atoms with van der Waals surface area (Å²) in [5.74, 6) is 0.179. The van der Waals surface area contributed by atoms with Crippen molar-refractivity contribution >= 4 is 35.0 Å². The predicted octanol–water partition coefficient (Wildman–Crippen LogP) is 4.85. The molecule has 1 saturated heterocycles. The molecular weight excluding hydrogens is 396 g/mol. The summed E-state index contributed by atoms with van der Waals surface area (Å²) in [5, 5.41) is 13.8. The van der Waals surface area contributed by atoms with Crippen LogP contribution in [0.2, 0.25) is 5.02 Å². The number of ether oxygens (including phenoxy) is 2. The number of para-hydroxylation sites is 2.